The van der Waals surface area contributed by atoms with E-state index in [4.69, 9.17) is 20.9 Å². The Labute approximate surface area is 198 Å². The molecule has 4 rings (SSSR count). The maximum absolute atomic E-state index is 13.0. The highest BCUT2D eigenvalue weighted by molar-refractivity contribution is 6.30. The molecular weight excluding hydrogens is 440 g/mol. The summed E-state index contributed by atoms with van der Waals surface area (Å²) in [6, 6.07) is 16.4. The molecule has 0 spiro atoms. The van der Waals surface area contributed by atoms with Crippen LogP contribution in [0.3, 0.4) is 0 Å². The van der Waals surface area contributed by atoms with Crippen LogP contribution in [0.4, 0.5) is 4.79 Å². The standard InChI is InChI=1S/C25H27ClN4O3/c1-16(2)32-15-7-14-30-17(3)21(22(27-25(30)31)18-10-12-20(26)13-11-18)24-28-23(29-33-24)19-8-5-4-6-9-19/h4-6,8-13,16,22H,7,14-15H2,1-3H3,(H,27,31). The monoisotopic (exact) mass is 466 g/mol. The van der Waals surface area contributed by atoms with Gasteiger partial charge in [-0.3, -0.25) is 4.90 Å². The van der Waals surface area contributed by atoms with Gasteiger partial charge in [0.05, 0.1) is 17.7 Å². The number of urea groups is 1. The molecule has 1 atom stereocenters. The third kappa shape index (κ3) is 5.26. The number of amides is 2. The van der Waals surface area contributed by atoms with Crippen LogP contribution < -0.4 is 5.32 Å². The molecule has 7 nitrogen and oxygen atoms in total. The first-order valence-corrected chi connectivity index (χ1v) is 11.4. The Kier molecular flexibility index (Phi) is 7.11. The highest BCUT2D eigenvalue weighted by Crippen LogP contribution is 2.37. The molecule has 1 unspecified atom stereocenters. The van der Waals surface area contributed by atoms with Gasteiger partial charge in [0.25, 0.3) is 5.89 Å². The van der Waals surface area contributed by atoms with Crippen molar-refractivity contribution in [3.05, 3.63) is 76.8 Å². The smallest absolute Gasteiger partial charge is 0.322 e. The predicted molar refractivity (Wildman–Crippen MR) is 127 cm³/mol. The molecule has 1 aliphatic heterocycles. The zero-order valence-corrected chi connectivity index (χ0v) is 19.7. The first-order valence-electron chi connectivity index (χ1n) is 11.0. The highest BCUT2D eigenvalue weighted by Gasteiger charge is 2.35. The fourth-order valence-corrected chi connectivity index (χ4v) is 3.94. The van der Waals surface area contributed by atoms with Crippen molar-refractivity contribution in [3.63, 3.8) is 0 Å². The van der Waals surface area contributed by atoms with E-state index in [9.17, 15) is 4.79 Å². The summed E-state index contributed by atoms with van der Waals surface area (Å²) in [5.74, 6) is 0.865. The molecule has 1 aliphatic rings. The second kappa shape index (κ2) is 10.2. The summed E-state index contributed by atoms with van der Waals surface area (Å²) >= 11 is 6.09. The van der Waals surface area contributed by atoms with Crippen LogP contribution in [0.1, 0.15) is 44.7 Å². The molecule has 172 valence electrons. The van der Waals surface area contributed by atoms with E-state index in [0.717, 1.165) is 22.4 Å². The minimum atomic E-state index is -0.443. The first kappa shape index (κ1) is 23.0. The molecule has 0 saturated carbocycles. The van der Waals surface area contributed by atoms with Gasteiger partial charge in [-0.1, -0.05) is 59.2 Å². The minimum absolute atomic E-state index is 0.150. The Bertz CT molecular complexity index is 1130. The third-order valence-electron chi connectivity index (χ3n) is 5.47. The van der Waals surface area contributed by atoms with Gasteiger partial charge in [0.15, 0.2) is 0 Å². The lowest BCUT2D eigenvalue weighted by atomic mass is 9.94. The molecule has 3 aromatic rings. The number of carbonyl (C=O) groups is 1. The van der Waals surface area contributed by atoms with Crippen LogP contribution in [0.2, 0.25) is 5.02 Å². The van der Waals surface area contributed by atoms with Gasteiger partial charge in [-0.2, -0.15) is 4.98 Å². The number of hydrogen-bond donors (Lipinski definition) is 1. The van der Waals surface area contributed by atoms with Crippen molar-refractivity contribution in [3.8, 4) is 11.4 Å². The number of aromatic nitrogens is 2. The van der Waals surface area contributed by atoms with Crippen molar-refractivity contribution >= 4 is 23.2 Å². The zero-order chi connectivity index (χ0) is 23.4. The topological polar surface area (TPSA) is 80.5 Å². The van der Waals surface area contributed by atoms with E-state index in [0.29, 0.717) is 36.3 Å². The van der Waals surface area contributed by atoms with Crippen LogP contribution in [0, 0.1) is 0 Å². The quantitative estimate of drug-likeness (QED) is 0.430. The molecular formula is C25H27ClN4O3. The van der Waals surface area contributed by atoms with Gasteiger partial charge in [0.1, 0.15) is 0 Å². The maximum atomic E-state index is 13.0. The van der Waals surface area contributed by atoms with Crippen molar-refractivity contribution < 1.29 is 14.1 Å². The summed E-state index contributed by atoms with van der Waals surface area (Å²) in [5, 5.41) is 7.91. The number of rotatable bonds is 8. The molecule has 0 saturated heterocycles. The number of nitrogens with zero attached hydrogens (tertiary/aromatic N) is 3. The van der Waals surface area contributed by atoms with Gasteiger partial charge in [-0.25, -0.2) is 4.79 Å². The summed E-state index contributed by atoms with van der Waals surface area (Å²) in [5.41, 5.74) is 3.27. The lowest BCUT2D eigenvalue weighted by Gasteiger charge is -2.35. The second-order valence-electron chi connectivity index (χ2n) is 8.15. The Balaban J connectivity index is 1.70. The van der Waals surface area contributed by atoms with Gasteiger partial charge >= 0.3 is 6.03 Å². The van der Waals surface area contributed by atoms with Gasteiger partial charge < -0.3 is 14.6 Å². The summed E-state index contributed by atoms with van der Waals surface area (Å²) < 4.78 is 11.3. The van der Waals surface area contributed by atoms with E-state index in [1.165, 1.54) is 0 Å². The number of allylic oxidation sites excluding steroid dienone is 1. The highest BCUT2D eigenvalue weighted by atomic mass is 35.5. The summed E-state index contributed by atoms with van der Waals surface area (Å²) in [6.07, 6.45) is 0.859. The van der Waals surface area contributed by atoms with E-state index < -0.39 is 6.04 Å². The van der Waals surface area contributed by atoms with E-state index in [1.54, 1.807) is 17.0 Å². The average Bonchev–Trinajstić information content (AvgIpc) is 3.29. The van der Waals surface area contributed by atoms with Gasteiger partial charge in [-0.15, -0.1) is 0 Å². The summed E-state index contributed by atoms with van der Waals surface area (Å²) in [4.78, 5) is 19.4. The normalized spacial score (nSPS) is 16.5. The molecule has 0 aliphatic carbocycles. The Morgan fingerprint density at radius 3 is 2.58 bits per heavy atom. The van der Waals surface area contributed by atoms with E-state index in [1.807, 2.05) is 63.2 Å². The fourth-order valence-electron chi connectivity index (χ4n) is 3.81. The molecule has 33 heavy (non-hydrogen) atoms. The fraction of sp³-hybridized carbons (Fsp3) is 0.320. The predicted octanol–water partition coefficient (Wildman–Crippen LogP) is 5.70. The lowest BCUT2D eigenvalue weighted by molar-refractivity contribution is 0.0736. The van der Waals surface area contributed by atoms with E-state index >= 15 is 0 Å². The number of hydrogen-bond acceptors (Lipinski definition) is 5. The van der Waals surface area contributed by atoms with Crippen LogP contribution in [0.15, 0.2) is 64.8 Å². The van der Waals surface area contributed by atoms with Crippen LogP contribution in [0.25, 0.3) is 17.0 Å². The molecule has 0 radical (unpaired) electrons. The molecule has 2 heterocycles. The second-order valence-corrected chi connectivity index (χ2v) is 8.58. The van der Waals surface area contributed by atoms with Crippen molar-refractivity contribution in [2.45, 2.75) is 39.3 Å². The van der Waals surface area contributed by atoms with Crippen molar-refractivity contribution in [2.75, 3.05) is 13.2 Å². The first-order chi connectivity index (χ1) is 15.9. The maximum Gasteiger partial charge on any atom is 0.322 e. The zero-order valence-electron chi connectivity index (χ0n) is 18.9. The molecule has 0 bridgehead atoms. The molecule has 0 fully saturated rings. The molecule has 1 N–H and O–H groups in total. The number of nitrogens with one attached hydrogen (secondary N) is 1. The van der Waals surface area contributed by atoms with E-state index in [2.05, 4.69) is 15.5 Å². The molecule has 1 aromatic heterocycles. The SMILES string of the molecule is CC1=C(c2nc(-c3ccccc3)no2)C(c2ccc(Cl)cc2)NC(=O)N1CCCOC(C)C. The van der Waals surface area contributed by atoms with Crippen LogP contribution in [-0.2, 0) is 4.74 Å². The van der Waals surface area contributed by atoms with Gasteiger partial charge in [0.2, 0.25) is 5.82 Å². The number of halogens is 1. The van der Waals surface area contributed by atoms with E-state index in [-0.39, 0.29) is 12.1 Å². The third-order valence-corrected chi connectivity index (χ3v) is 5.72. The van der Waals surface area contributed by atoms with Crippen molar-refractivity contribution in [1.29, 1.82) is 0 Å². The molecule has 8 heteroatoms. The van der Waals surface area contributed by atoms with Crippen molar-refractivity contribution in [2.24, 2.45) is 0 Å². The average molecular weight is 467 g/mol. The lowest BCUT2D eigenvalue weighted by Crippen LogP contribution is -2.46. The number of ether oxygens (including phenoxy) is 1. The van der Waals surface area contributed by atoms with Crippen molar-refractivity contribution in [1.82, 2.24) is 20.4 Å². The summed E-state index contributed by atoms with van der Waals surface area (Å²) in [6.45, 7) is 6.98. The molecule has 2 aromatic carbocycles. The molecule has 2 amide bonds. The van der Waals surface area contributed by atoms with Gasteiger partial charge in [-0.05, 0) is 44.9 Å². The largest absolute Gasteiger partial charge is 0.379 e. The van der Waals surface area contributed by atoms with Crippen LogP contribution in [0.5, 0.6) is 0 Å². The Hall–Kier alpha value is -3.16. The summed E-state index contributed by atoms with van der Waals surface area (Å²) in [7, 11) is 0. The minimum Gasteiger partial charge on any atom is -0.379 e. The Morgan fingerprint density at radius 1 is 1.15 bits per heavy atom. The van der Waals surface area contributed by atoms with Crippen LogP contribution in [-0.4, -0.2) is 40.3 Å². The Morgan fingerprint density at radius 2 is 1.88 bits per heavy atom. The number of benzene rings is 2. The van der Waals surface area contributed by atoms with Gasteiger partial charge in [0, 0.05) is 29.4 Å². The van der Waals surface area contributed by atoms with Crippen LogP contribution >= 0.6 is 11.6 Å². The number of carbonyl (C=O) groups excluding carboxylic acids is 1.